The Kier molecular flexibility index (Phi) is 5.49. The van der Waals surface area contributed by atoms with E-state index in [1.54, 1.807) is 30.3 Å². The SMILES string of the molecule is COc1ccc(NC(=O)[C@@H]2CC(=O)N(c3ccc(C(=O)O)cc3)C2)c(OC)c1. The van der Waals surface area contributed by atoms with Crippen molar-refractivity contribution in [3.8, 4) is 11.5 Å². The van der Waals surface area contributed by atoms with E-state index in [0.29, 0.717) is 22.9 Å². The lowest BCUT2D eigenvalue weighted by Crippen LogP contribution is -2.28. The second-order valence-corrected chi connectivity index (χ2v) is 6.31. The third-order valence-electron chi connectivity index (χ3n) is 4.59. The van der Waals surface area contributed by atoms with Gasteiger partial charge in [0.05, 0.1) is 31.4 Å². The molecule has 2 aromatic carbocycles. The molecule has 8 nitrogen and oxygen atoms in total. The number of amides is 2. The highest BCUT2D eigenvalue weighted by Crippen LogP contribution is 2.31. The number of hydrogen-bond donors (Lipinski definition) is 2. The number of ether oxygens (including phenoxy) is 2. The first-order valence-corrected chi connectivity index (χ1v) is 8.59. The van der Waals surface area contributed by atoms with E-state index in [1.165, 1.54) is 31.3 Å². The van der Waals surface area contributed by atoms with E-state index in [4.69, 9.17) is 14.6 Å². The van der Waals surface area contributed by atoms with E-state index < -0.39 is 11.9 Å². The van der Waals surface area contributed by atoms with Crippen LogP contribution in [0, 0.1) is 5.92 Å². The van der Waals surface area contributed by atoms with Crippen LogP contribution in [0.25, 0.3) is 0 Å². The molecule has 1 fully saturated rings. The van der Waals surface area contributed by atoms with Crippen molar-refractivity contribution in [3.63, 3.8) is 0 Å². The third kappa shape index (κ3) is 3.90. The minimum Gasteiger partial charge on any atom is -0.497 e. The van der Waals surface area contributed by atoms with Gasteiger partial charge >= 0.3 is 5.97 Å². The van der Waals surface area contributed by atoms with E-state index in [2.05, 4.69) is 5.32 Å². The average molecular weight is 384 g/mol. The summed E-state index contributed by atoms with van der Waals surface area (Å²) in [7, 11) is 3.03. The Morgan fingerprint density at radius 2 is 1.82 bits per heavy atom. The number of carboxylic acids is 1. The van der Waals surface area contributed by atoms with Gasteiger partial charge in [-0.05, 0) is 36.4 Å². The van der Waals surface area contributed by atoms with Crippen LogP contribution >= 0.6 is 0 Å². The van der Waals surface area contributed by atoms with Crippen molar-refractivity contribution in [2.75, 3.05) is 31.0 Å². The fourth-order valence-corrected chi connectivity index (χ4v) is 3.05. The molecule has 0 aromatic heterocycles. The molecule has 2 N–H and O–H groups in total. The van der Waals surface area contributed by atoms with E-state index in [1.807, 2.05) is 0 Å². The Labute approximate surface area is 161 Å². The molecule has 0 saturated carbocycles. The van der Waals surface area contributed by atoms with Gasteiger partial charge in [0.25, 0.3) is 0 Å². The molecule has 146 valence electrons. The molecule has 3 rings (SSSR count). The molecular weight excluding hydrogens is 364 g/mol. The molecule has 2 aromatic rings. The first kappa shape index (κ1) is 19.2. The average Bonchev–Trinajstić information content (AvgIpc) is 3.10. The van der Waals surface area contributed by atoms with Crippen LogP contribution in [0.5, 0.6) is 11.5 Å². The summed E-state index contributed by atoms with van der Waals surface area (Å²) < 4.78 is 10.4. The van der Waals surface area contributed by atoms with Gasteiger partial charge in [-0.15, -0.1) is 0 Å². The van der Waals surface area contributed by atoms with Crippen molar-refractivity contribution >= 4 is 29.2 Å². The number of anilines is 2. The minimum absolute atomic E-state index is 0.0744. The number of nitrogens with one attached hydrogen (secondary N) is 1. The van der Waals surface area contributed by atoms with Gasteiger partial charge in [-0.1, -0.05) is 0 Å². The molecule has 1 aliphatic heterocycles. The molecule has 0 aliphatic carbocycles. The van der Waals surface area contributed by atoms with Crippen molar-refractivity contribution in [2.45, 2.75) is 6.42 Å². The van der Waals surface area contributed by atoms with Gasteiger partial charge in [0, 0.05) is 24.7 Å². The summed E-state index contributed by atoms with van der Waals surface area (Å²) in [6.07, 6.45) is 0.0744. The monoisotopic (exact) mass is 384 g/mol. The summed E-state index contributed by atoms with van der Waals surface area (Å²) in [5, 5.41) is 11.8. The normalized spacial score (nSPS) is 16.0. The van der Waals surface area contributed by atoms with Gasteiger partial charge in [0.15, 0.2) is 0 Å². The summed E-state index contributed by atoms with van der Waals surface area (Å²) in [6.45, 7) is 0.218. The van der Waals surface area contributed by atoms with Gasteiger partial charge in [0.2, 0.25) is 11.8 Å². The molecule has 0 spiro atoms. The first-order chi connectivity index (χ1) is 13.4. The molecule has 1 saturated heterocycles. The van der Waals surface area contributed by atoms with E-state index in [0.717, 1.165) is 0 Å². The Bertz CT molecular complexity index is 909. The molecule has 1 atom stereocenters. The summed E-state index contributed by atoms with van der Waals surface area (Å²) in [5.74, 6) is -0.991. The van der Waals surface area contributed by atoms with Crippen LogP contribution < -0.4 is 19.7 Å². The minimum atomic E-state index is -1.04. The van der Waals surface area contributed by atoms with Crippen LogP contribution in [0.1, 0.15) is 16.8 Å². The lowest BCUT2D eigenvalue weighted by Gasteiger charge is -2.17. The number of aromatic carboxylic acids is 1. The van der Waals surface area contributed by atoms with Crippen LogP contribution in [-0.4, -0.2) is 43.7 Å². The standard InChI is InChI=1S/C20H20N2O6/c1-27-15-7-8-16(17(10-15)28-2)21-19(24)13-9-18(23)22(11-13)14-5-3-12(4-6-14)20(25)26/h3-8,10,13H,9,11H2,1-2H3,(H,21,24)(H,25,26)/t13-/m1/s1. The van der Waals surface area contributed by atoms with Crippen molar-refractivity contribution in [2.24, 2.45) is 5.92 Å². The lowest BCUT2D eigenvalue weighted by atomic mass is 10.1. The number of carboxylic acid groups (broad SMARTS) is 1. The maximum Gasteiger partial charge on any atom is 0.335 e. The largest absolute Gasteiger partial charge is 0.497 e. The molecule has 28 heavy (non-hydrogen) atoms. The van der Waals surface area contributed by atoms with Crippen LogP contribution in [-0.2, 0) is 9.59 Å². The molecule has 0 unspecified atom stereocenters. The number of methoxy groups -OCH3 is 2. The number of rotatable bonds is 6. The zero-order valence-corrected chi connectivity index (χ0v) is 15.5. The summed E-state index contributed by atoms with van der Waals surface area (Å²) in [5.41, 5.74) is 1.19. The summed E-state index contributed by atoms with van der Waals surface area (Å²) in [6, 6.07) is 11.0. The highest BCUT2D eigenvalue weighted by molar-refractivity contribution is 6.04. The summed E-state index contributed by atoms with van der Waals surface area (Å²) >= 11 is 0. The van der Waals surface area contributed by atoms with Gasteiger partial charge in [0.1, 0.15) is 11.5 Å². The van der Waals surface area contributed by atoms with E-state index >= 15 is 0 Å². The van der Waals surface area contributed by atoms with Crippen molar-refractivity contribution in [1.82, 2.24) is 0 Å². The first-order valence-electron chi connectivity index (χ1n) is 8.59. The van der Waals surface area contributed by atoms with E-state index in [-0.39, 0.29) is 30.3 Å². The van der Waals surface area contributed by atoms with E-state index in [9.17, 15) is 14.4 Å². The second-order valence-electron chi connectivity index (χ2n) is 6.31. The Balaban J connectivity index is 1.71. The smallest absolute Gasteiger partial charge is 0.335 e. The molecule has 2 amide bonds. The Morgan fingerprint density at radius 1 is 1.11 bits per heavy atom. The fourth-order valence-electron chi connectivity index (χ4n) is 3.05. The molecule has 8 heteroatoms. The number of carbonyl (C=O) groups is 3. The van der Waals surface area contributed by atoms with Crippen LogP contribution in [0.4, 0.5) is 11.4 Å². The van der Waals surface area contributed by atoms with Gasteiger partial charge in [-0.25, -0.2) is 4.79 Å². The number of carbonyl (C=O) groups excluding carboxylic acids is 2. The predicted octanol–water partition coefficient (Wildman–Crippen LogP) is 2.39. The van der Waals surface area contributed by atoms with Gasteiger partial charge in [-0.3, -0.25) is 9.59 Å². The number of benzene rings is 2. The zero-order valence-electron chi connectivity index (χ0n) is 15.5. The van der Waals surface area contributed by atoms with Crippen LogP contribution in [0.3, 0.4) is 0 Å². The fraction of sp³-hybridized carbons (Fsp3) is 0.250. The highest BCUT2D eigenvalue weighted by Gasteiger charge is 2.35. The van der Waals surface area contributed by atoms with Crippen molar-refractivity contribution in [3.05, 3.63) is 48.0 Å². The zero-order chi connectivity index (χ0) is 20.3. The molecule has 1 heterocycles. The van der Waals surface area contributed by atoms with Gasteiger partial charge in [-0.2, -0.15) is 0 Å². The molecule has 0 radical (unpaired) electrons. The Morgan fingerprint density at radius 3 is 2.43 bits per heavy atom. The quantitative estimate of drug-likeness (QED) is 0.792. The maximum atomic E-state index is 12.6. The number of nitrogens with zero attached hydrogens (tertiary/aromatic N) is 1. The lowest BCUT2D eigenvalue weighted by molar-refractivity contribution is -0.122. The van der Waals surface area contributed by atoms with Crippen molar-refractivity contribution < 1.29 is 29.0 Å². The Hall–Kier alpha value is -3.55. The third-order valence-corrected chi connectivity index (χ3v) is 4.59. The van der Waals surface area contributed by atoms with Crippen LogP contribution in [0.15, 0.2) is 42.5 Å². The summed E-state index contributed by atoms with van der Waals surface area (Å²) in [4.78, 5) is 37.4. The van der Waals surface area contributed by atoms with Crippen molar-refractivity contribution in [1.29, 1.82) is 0 Å². The highest BCUT2D eigenvalue weighted by atomic mass is 16.5. The van der Waals surface area contributed by atoms with Crippen LogP contribution in [0.2, 0.25) is 0 Å². The predicted molar refractivity (Wildman–Crippen MR) is 102 cm³/mol. The van der Waals surface area contributed by atoms with Gasteiger partial charge < -0.3 is 24.8 Å². The second kappa shape index (κ2) is 7.99. The molecule has 0 bridgehead atoms. The molecule has 1 aliphatic rings. The maximum absolute atomic E-state index is 12.6. The molecular formula is C20H20N2O6. The topological polar surface area (TPSA) is 105 Å². The number of hydrogen-bond acceptors (Lipinski definition) is 5.